The fourth-order valence-corrected chi connectivity index (χ4v) is 0.873. The molecule has 1 rings (SSSR count). The molecule has 3 N–H and O–H groups in total. The first-order valence-corrected chi connectivity index (χ1v) is 4.06. The summed E-state index contributed by atoms with van der Waals surface area (Å²) in [7, 11) is 0. The summed E-state index contributed by atoms with van der Waals surface area (Å²) < 4.78 is 5.22. The number of hydrogen-bond donors (Lipinski definition) is 3. The van der Waals surface area contributed by atoms with Gasteiger partial charge < -0.3 is 15.1 Å². The Morgan fingerprint density at radius 1 is 1.31 bits per heavy atom. The van der Waals surface area contributed by atoms with E-state index >= 15 is 0 Å². The standard InChI is InChI=1S/C9H13NO3/c11-8(6-10-12)7-13-9-4-2-1-3-5-9/h1-5,8,10-12H,6-7H2. The molecule has 1 aromatic rings. The Labute approximate surface area is 76.7 Å². The number of nitrogens with one attached hydrogen (secondary N) is 1. The molecule has 0 spiro atoms. The van der Waals surface area contributed by atoms with Gasteiger partial charge in [-0.15, -0.1) is 0 Å². The van der Waals surface area contributed by atoms with Crippen LogP contribution in [0.4, 0.5) is 0 Å². The summed E-state index contributed by atoms with van der Waals surface area (Å²) in [4.78, 5) is 0. The van der Waals surface area contributed by atoms with Gasteiger partial charge in [-0.3, -0.25) is 0 Å². The summed E-state index contributed by atoms with van der Waals surface area (Å²) in [6.07, 6.45) is -0.704. The van der Waals surface area contributed by atoms with Crippen LogP contribution < -0.4 is 10.2 Å². The van der Waals surface area contributed by atoms with Gasteiger partial charge in [0.15, 0.2) is 0 Å². The predicted octanol–water partition coefficient (Wildman–Crippen LogP) is 0.405. The van der Waals surface area contributed by atoms with E-state index < -0.39 is 6.10 Å². The average molecular weight is 183 g/mol. The first kappa shape index (κ1) is 9.98. The van der Waals surface area contributed by atoms with E-state index in [0.29, 0.717) is 5.75 Å². The summed E-state index contributed by atoms with van der Waals surface area (Å²) in [6.45, 7) is 0.268. The molecule has 0 aliphatic carbocycles. The van der Waals surface area contributed by atoms with Gasteiger partial charge in [0, 0.05) is 0 Å². The SMILES string of the molecule is ONCC(O)COc1ccccc1. The first-order chi connectivity index (χ1) is 6.33. The second kappa shape index (κ2) is 5.53. The highest BCUT2D eigenvalue weighted by Crippen LogP contribution is 2.08. The zero-order valence-electron chi connectivity index (χ0n) is 7.18. The van der Waals surface area contributed by atoms with Crippen LogP contribution in [0.5, 0.6) is 5.75 Å². The van der Waals surface area contributed by atoms with E-state index in [-0.39, 0.29) is 13.2 Å². The van der Waals surface area contributed by atoms with E-state index in [1.165, 1.54) is 0 Å². The Morgan fingerprint density at radius 2 is 2.00 bits per heavy atom. The number of aliphatic hydroxyl groups excluding tert-OH is 1. The van der Waals surface area contributed by atoms with Crippen molar-refractivity contribution in [1.82, 2.24) is 5.48 Å². The third-order valence-electron chi connectivity index (χ3n) is 1.51. The molecule has 0 heterocycles. The number of benzene rings is 1. The van der Waals surface area contributed by atoms with Crippen molar-refractivity contribution in [1.29, 1.82) is 0 Å². The van der Waals surface area contributed by atoms with Gasteiger partial charge in [0.05, 0.1) is 6.54 Å². The Kier molecular flexibility index (Phi) is 4.25. The fraction of sp³-hybridized carbons (Fsp3) is 0.333. The number of hydrogen-bond acceptors (Lipinski definition) is 4. The van der Waals surface area contributed by atoms with Gasteiger partial charge in [-0.25, -0.2) is 5.48 Å². The third-order valence-corrected chi connectivity index (χ3v) is 1.51. The van der Waals surface area contributed by atoms with E-state index in [0.717, 1.165) is 0 Å². The minimum Gasteiger partial charge on any atom is -0.491 e. The van der Waals surface area contributed by atoms with Crippen molar-refractivity contribution in [3.8, 4) is 5.75 Å². The van der Waals surface area contributed by atoms with E-state index in [2.05, 4.69) is 0 Å². The molecule has 0 amide bonds. The molecule has 0 radical (unpaired) electrons. The molecule has 1 atom stereocenters. The molecule has 4 nitrogen and oxygen atoms in total. The Bertz CT molecular complexity index is 228. The fourth-order valence-electron chi connectivity index (χ4n) is 0.873. The molecule has 0 aliphatic heterocycles. The minimum atomic E-state index is -0.704. The van der Waals surface area contributed by atoms with Crippen molar-refractivity contribution >= 4 is 0 Å². The maximum Gasteiger partial charge on any atom is 0.119 e. The molecule has 0 aromatic heterocycles. The van der Waals surface area contributed by atoms with Crippen molar-refractivity contribution < 1.29 is 15.1 Å². The molecule has 1 unspecified atom stereocenters. The monoisotopic (exact) mass is 183 g/mol. The summed E-state index contributed by atoms with van der Waals surface area (Å²) in [5.74, 6) is 0.708. The van der Waals surface area contributed by atoms with E-state index in [1.807, 2.05) is 23.7 Å². The Morgan fingerprint density at radius 3 is 2.62 bits per heavy atom. The number of rotatable bonds is 5. The van der Waals surface area contributed by atoms with Gasteiger partial charge in [-0.1, -0.05) is 18.2 Å². The van der Waals surface area contributed by atoms with E-state index in [1.54, 1.807) is 12.1 Å². The van der Waals surface area contributed by atoms with Crippen molar-refractivity contribution in [2.24, 2.45) is 0 Å². The lowest BCUT2D eigenvalue weighted by Gasteiger charge is -2.10. The van der Waals surface area contributed by atoms with E-state index in [4.69, 9.17) is 15.1 Å². The normalized spacial score (nSPS) is 12.5. The smallest absolute Gasteiger partial charge is 0.119 e. The lowest BCUT2D eigenvalue weighted by molar-refractivity contribution is 0.0601. The van der Waals surface area contributed by atoms with Gasteiger partial charge in [-0.05, 0) is 12.1 Å². The molecular weight excluding hydrogens is 170 g/mol. The minimum absolute atomic E-state index is 0.104. The second-order valence-electron chi connectivity index (χ2n) is 2.64. The highest BCUT2D eigenvalue weighted by Gasteiger charge is 2.02. The van der Waals surface area contributed by atoms with Crippen molar-refractivity contribution in [2.75, 3.05) is 13.2 Å². The van der Waals surface area contributed by atoms with Crippen LogP contribution in [-0.2, 0) is 0 Å². The molecule has 13 heavy (non-hydrogen) atoms. The van der Waals surface area contributed by atoms with Crippen LogP contribution in [0.25, 0.3) is 0 Å². The molecule has 1 aromatic carbocycles. The zero-order chi connectivity index (χ0) is 9.52. The molecule has 0 bridgehead atoms. The van der Waals surface area contributed by atoms with Gasteiger partial charge in [0.2, 0.25) is 0 Å². The van der Waals surface area contributed by atoms with Crippen LogP contribution >= 0.6 is 0 Å². The molecule has 0 aliphatic rings. The van der Waals surface area contributed by atoms with Crippen LogP contribution in [0, 0.1) is 0 Å². The predicted molar refractivity (Wildman–Crippen MR) is 47.7 cm³/mol. The molecule has 0 fully saturated rings. The number of hydroxylamine groups is 1. The van der Waals surface area contributed by atoms with Crippen LogP contribution in [-0.4, -0.2) is 29.6 Å². The molecule has 72 valence electrons. The van der Waals surface area contributed by atoms with Gasteiger partial charge in [0.1, 0.15) is 18.5 Å². The summed E-state index contributed by atoms with van der Waals surface area (Å²) in [5, 5.41) is 17.4. The molecule has 0 saturated carbocycles. The molecule has 4 heteroatoms. The largest absolute Gasteiger partial charge is 0.491 e. The summed E-state index contributed by atoms with van der Waals surface area (Å²) >= 11 is 0. The van der Waals surface area contributed by atoms with Crippen LogP contribution in [0.3, 0.4) is 0 Å². The van der Waals surface area contributed by atoms with Crippen LogP contribution in [0.15, 0.2) is 30.3 Å². The van der Waals surface area contributed by atoms with Crippen LogP contribution in [0.2, 0.25) is 0 Å². The second-order valence-corrected chi connectivity index (χ2v) is 2.64. The summed E-state index contributed by atoms with van der Waals surface area (Å²) in [6, 6.07) is 9.20. The first-order valence-electron chi connectivity index (χ1n) is 4.06. The van der Waals surface area contributed by atoms with Crippen molar-refractivity contribution in [2.45, 2.75) is 6.10 Å². The Hall–Kier alpha value is -1.10. The lowest BCUT2D eigenvalue weighted by Crippen LogP contribution is -2.29. The zero-order valence-corrected chi connectivity index (χ0v) is 7.18. The maximum atomic E-state index is 9.16. The summed E-state index contributed by atoms with van der Waals surface area (Å²) in [5.41, 5.74) is 1.87. The van der Waals surface area contributed by atoms with Gasteiger partial charge >= 0.3 is 0 Å². The maximum absolute atomic E-state index is 9.16. The lowest BCUT2D eigenvalue weighted by atomic mass is 10.3. The molecular formula is C9H13NO3. The molecule has 0 saturated heterocycles. The van der Waals surface area contributed by atoms with Crippen LogP contribution in [0.1, 0.15) is 0 Å². The van der Waals surface area contributed by atoms with Gasteiger partial charge in [-0.2, -0.15) is 0 Å². The Balaban J connectivity index is 2.27. The number of aliphatic hydroxyl groups is 1. The highest BCUT2D eigenvalue weighted by molar-refractivity contribution is 5.20. The topological polar surface area (TPSA) is 61.7 Å². The third kappa shape index (κ3) is 3.89. The van der Waals surface area contributed by atoms with Crippen molar-refractivity contribution in [3.05, 3.63) is 30.3 Å². The number of para-hydroxylation sites is 1. The van der Waals surface area contributed by atoms with E-state index in [9.17, 15) is 0 Å². The van der Waals surface area contributed by atoms with Crippen molar-refractivity contribution in [3.63, 3.8) is 0 Å². The quantitative estimate of drug-likeness (QED) is 0.578. The average Bonchev–Trinajstić information content (AvgIpc) is 2.17. The number of ether oxygens (including phenoxy) is 1. The van der Waals surface area contributed by atoms with Gasteiger partial charge in [0.25, 0.3) is 0 Å². The highest BCUT2D eigenvalue weighted by atomic mass is 16.5.